The fourth-order valence-corrected chi connectivity index (χ4v) is 6.62. The van der Waals surface area contributed by atoms with Crippen molar-refractivity contribution in [2.24, 2.45) is 0 Å². The van der Waals surface area contributed by atoms with Gasteiger partial charge in [0.2, 0.25) is 15.2 Å². The number of aromatic nitrogens is 4. The van der Waals surface area contributed by atoms with E-state index in [1.807, 2.05) is 19.9 Å². The molecular formula is C21H24F2N8O3S2. The molecule has 36 heavy (non-hydrogen) atoms. The van der Waals surface area contributed by atoms with E-state index >= 15 is 0 Å². The SMILES string of the molecule is CC1OCC1(C#N)NS(=O)(=O)c1cc(N2C[C@H](C)N[C@@H](C)C2)c2cnn(-c3nnc(C(F)F)s3)c2c1. The monoisotopic (exact) mass is 538 g/mol. The summed E-state index contributed by atoms with van der Waals surface area (Å²) in [6.07, 6.45) is -1.84. The number of nitriles is 1. The van der Waals surface area contributed by atoms with Crippen LogP contribution in [0.25, 0.3) is 16.0 Å². The van der Waals surface area contributed by atoms with Crippen LogP contribution in [0.5, 0.6) is 0 Å². The van der Waals surface area contributed by atoms with E-state index in [9.17, 15) is 22.5 Å². The quantitative estimate of drug-likeness (QED) is 0.482. The Morgan fingerprint density at radius 3 is 2.56 bits per heavy atom. The number of fused-ring (bicyclic) bond motifs is 1. The summed E-state index contributed by atoms with van der Waals surface area (Å²) in [4.78, 5) is 1.98. The van der Waals surface area contributed by atoms with E-state index in [1.165, 1.54) is 10.7 Å². The van der Waals surface area contributed by atoms with Crippen molar-refractivity contribution >= 4 is 38.0 Å². The van der Waals surface area contributed by atoms with Crippen LogP contribution in [0.15, 0.2) is 23.2 Å². The molecule has 0 radical (unpaired) electrons. The van der Waals surface area contributed by atoms with Gasteiger partial charge in [-0.15, -0.1) is 10.2 Å². The van der Waals surface area contributed by atoms with Crippen LogP contribution in [0.4, 0.5) is 14.5 Å². The van der Waals surface area contributed by atoms with Gasteiger partial charge in [0, 0.05) is 36.2 Å². The fraction of sp³-hybridized carbons (Fsp3) is 0.524. The summed E-state index contributed by atoms with van der Waals surface area (Å²) in [5, 5.41) is 25.1. The summed E-state index contributed by atoms with van der Waals surface area (Å²) in [7, 11) is -4.18. The molecule has 11 nitrogen and oxygen atoms in total. The second kappa shape index (κ2) is 8.96. The summed E-state index contributed by atoms with van der Waals surface area (Å²) in [6.45, 7) is 6.86. The molecule has 0 aliphatic carbocycles. The van der Waals surface area contributed by atoms with Gasteiger partial charge in [-0.25, -0.2) is 21.9 Å². The van der Waals surface area contributed by atoms with Gasteiger partial charge in [-0.1, -0.05) is 11.3 Å². The highest BCUT2D eigenvalue weighted by Crippen LogP contribution is 2.35. The summed E-state index contributed by atoms with van der Waals surface area (Å²) < 4.78 is 62.4. The van der Waals surface area contributed by atoms with Crippen LogP contribution in [0, 0.1) is 11.3 Å². The Labute approximate surface area is 210 Å². The number of hydrogen-bond donors (Lipinski definition) is 2. The first-order valence-corrected chi connectivity index (χ1v) is 13.5. The average molecular weight is 539 g/mol. The number of anilines is 1. The molecule has 2 saturated heterocycles. The molecule has 2 aromatic heterocycles. The van der Waals surface area contributed by atoms with Crippen molar-refractivity contribution in [2.45, 2.75) is 55.8 Å². The zero-order valence-electron chi connectivity index (χ0n) is 19.6. The molecule has 0 bridgehead atoms. The van der Waals surface area contributed by atoms with Crippen LogP contribution in [0.1, 0.15) is 32.2 Å². The van der Waals surface area contributed by atoms with Crippen LogP contribution in [0.2, 0.25) is 0 Å². The molecule has 1 aromatic carbocycles. The van der Waals surface area contributed by atoms with Gasteiger partial charge >= 0.3 is 0 Å². The lowest BCUT2D eigenvalue weighted by molar-refractivity contribution is -0.102. The third kappa shape index (κ3) is 4.22. The Morgan fingerprint density at radius 1 is 1.28 bits per heavy atom. The second-order valence-electron chi connectivity index (χ2n) is 9.17. The van der Waals surface area contributed by atoms with Crippen LogP contribution >= 0.6 is 11.3 Å². The standard InChI is InChI=1S/C21H24F2N8O3S2/c1-11-7-30(8-12(2)26-11)16-4-14(36(32,33)29-21(9-24)10-34-13(21)3)5-17-15(16)6-25-31(17)20-28-27-19(35-20)18(22)23/h4-6,11-13,18,26,29H,7-8,10H2,1-3H3/t11-,12-,13?,21?/m0/s1. The summed E-state index contributed by atoms with van der Waals surface area (Å²) in [6, 6.07) is 5.27. The van der Waals surface area contributed by atoms with Gasteiger partial charge in [0.25, 0.3) is 6.43 Å². The molecule has 5 rings (SSSR count). The number of piperazine rings is 1. The normalized spacial score (nSPS) is 26.8. The third-order valence-corrected chi connectivity index (χ3v) is 8.81. The van der Waals surface area contributed by atoms with Crippen molar-refractivity contribution in [3.8, 4) is 11.2 Å². The zero-order valence-corrected chi connectivity index (χ0v) is 21.3. The number of sulfonamides is 1. The predicted octanol–water partition coefficient (Wildman–Crippen LogP) is 1.96. The van der Waals surface area contributed by atoms with Gasteiger partial charge in [0.05, 0.1) is 35.4 Å². The maximum Gasteiger partial charge on any atom is 0.291 e. The Hall–Kier alpha value is -2.77. The highest BCUT2D eigenvalue weighted by Gasteiger charge is 2.49. The van der Waals surface area contributed by atoms with Crippen LogP contribution in [-0.2, 0) is 14.8 Å². The molecule has 2 N–H and O–H groups in total. The van der Waals surface area contributed by atoms with E-state index in [1.54, 1.807) is 19.2 Å². The lowest BCUT2D eigenvalue weighted by atomic mass is 9.92. The molecule has 4 atom stereocenters. The minimum atomic E-state index is -4.18. The highest BCUT2D eigenvalue weighted by atomic mass is 32.2. The molecule has 192 valence electrons. The van der Waals surface area contributed by atoms with Crippen molar-refractivity contribution in [3.05, 3.63) is 23.3 Å². The number of alkyl halides is 2. The molecule has 2 fully saturated rings. The topological polar surface area (TPSA) is 138 Å². The molecule has 0 spiro atoms. The van der Waals surface area contributed by atoms with Crippen molar-refractivity contribution in [1.29, 1.82) is 5.26 Å². The zero-order chi connectivity index (χ0) is 25.8. The minimum Gasteiger partial charge on any atom is -0.372 e. The van der Waals surface area contributed by atoms with Crippen molar-refractivity contribution in [1.82, 2.24) is 30.0 Å². The van der Waals surface area contributed by atoms with Gasteiger partial charge in [0.1, 0.15) is 0 Å². The first-order valence-electron chi connectivity index (χ1n) is 11.2. The van der Waals surface area contributed by atoms with Crippen molar-refractivity contribution in [2.75, 3.05) is 24.6 Å². The molecule has 2 unspecified atom stereocenters. The van der Waals surface area contributed by atoms with Gasteiger partial charge in [-0.05, 0) is 32.9 Å². The lowest BCUT2D eigenvalue weighted by Crippen LogP contribution is -2.66. The minimum absolute atomic E-state index is 0.0645. The van der Waals surface area contributed by atoms with Crippen LogP contribution in [0.3, 0.4) is 0 Å². The van der Waals surface area contributed by atoms with E-state index in [4.69, 9.17) is 4.74 Å². The number of benzene rings is 1. The number of ether oxygens (including phenoxy) is 1. The average Bonchev–Trinajstić information content (AvgIpc) is 3.47. The Morgan fingerprint density at radius 2 is 2.00 bits per heavy atom. The first kappa shape index (κ1) is 24.9. The summed E-state index contributed by atoms with van der Waals surface area (Å²) >= 11 is 0.676. The van der Waals surface area contributed by atoms with Crippen molar-refractivity contribution < 1.29 is 21.9 Å². The second-order valence-corrected chi connectivity index (χ2v) is 11.8. The third-order valence-electron chi connectivity index (χ3n) is 6.42. The Bertz CT molecular complexity index is 1440. The highest BCUT2D eigenvalue weighted by molar-refractivity contribution is 7.89. The number of nitrogens with one attached hydrogen (secondary N) is 2. The Balaban J connectivity index is 1.66. The largest absolute Gasteiger partial charge is 0.372 e. The van der Waals surface area contributed by atoms with E-state index in [-0.39, 0.29) is 28.7 Å². The Kier molecular flexibility index (Phi) is 6.20. The lowest BCUT2D eigenvalue weighted by Gasteiger charge is -2.42. The summed E-state index contributed by atoms with van der Waals surface area (Å²) in [5.74, 6) is 0. The molecule has 0 amide bonds. The number of rotatable bonds is 6. The van der Waals surface area contributed by atoms with E-state index in [2.05, 4.69) is 30.2 Å². The molecule has 15 heteroatoms. The van der Waals surface area contributed by atoms with Gasteiger partial charge in [-0.3, -0.25) is 0 Å². The predicted molar refractivity (Wildman–Crippen MR) is 128 cm³/mol. The number of halogens is 2. The molecular weight excluding hydrogens is 514 g/mol. The van der Waals surface area contributed by atoms with Crippen molar-refractivity contribution in [3.63, 3.8) is 0 Å². The van der Waals surface area contributed by atoms with Gasteiger partial charge in [0.15, 0.2) is 10.5 Å². The van der Waals surface area contributed by atoms with Gasteiger partial charge in [-0.2, -0.15) is 15.1 Å². The van der Waals surface area contributed by atoms with Crippen LogP contribution < -0.4 is 14.9 Å². The first-order chi connectivity index (χ1) is 17.0. The molecule has 0 saturated carbocycles. The van der Waals surface area contributed by atoms with Gasteiger partial charge < -0.3 is 15.0 Å². The molecule has 2 aliphatic rings. The van der Waals surface area contributed by atoms with E-state index < -0.39 is 33.1 Å². The fourth-order valence-electron chi connectivity index (χ4n) is 4.55. The van der Waals surface area contributed by atoms with Crippen LogP contribution in [-0.4, -0.2) is 71.8 Å². The summed E-state index contributed by atoms with van der Waals surface area (Å²) in [5.41, 5.74) is -0.382. The molecule has 4 heterocycles. The van der Waals surface area contributed by atoms with E-state index in [0.29, 0.717) is 41.0 Å². The number of hydrogen-bond acceptors (Lipinski definition) is 10. The number of nitrogens with zero attached hydrogens (tertiary/aromatic N) is 6. The smallest absolute Gasteiger partial charge is 0.291 e. The maximum atomic E-state index is 13.5. The molecule has 2 aliphatic heterocycles. The molecule has 3 aromatic rings. The van der Waals surface area contributed by atoms with E-state index in [0.717, 1.165) is 0 Å². The maximum absolute atomic E-state index is 13.5.